The molecule has 0 atom stereocenters. The minimum Gasteiger partial charge on any atom is -0.279 e. The van der Waals surface area contributed by atoms with E-state index in [0.717, 1.165) is 0 Å². The maximum Gasteiger partial charge on any atom is 0.522 e. The van der Waals surface area contributed by atoms with Crippen LogP contribution in [0.5, 0.6) is 0 Å². The summed E-state index contributed by atoms with van der Waals surface area (Å²) in [6.07, 6.45) is 0. The van der Waals surface area contributed by atoms with Crippen LogP contribution in [0.15, 0.2) is 72.8 Å². The van der Waals surface area contributed by atoms with Gasteiger partial charge in [-0.3, -0.25) is 4.55 Å². The van der Waals surface area contributed by atoms with Gasteiger partial charge >= 0.3 is 15.6 Å². The first kappa shape index (κ1) is 24.1. The molecule has 0 saturated carbocycles. The summed E-state index contributed by atoms with van der Waals surface area (Å²) in [4.78, 5) is 0. The second-order valence-corrected chi connectivity index (χ2v) is 10.6. The van der Waals surface area contributed by atoms with Crippen molar-refractivity contribution in [2.45, 2.75) is 26.3 Å². The van der Waals surface area contributed by atoms with Gasteiger partial charge in [-0.15, -0.1) is 0 Å². The lowest BCUT2D eigenvalue weighted by Crippen LogP contribution is -2.24. The van der Waals surface area contributed by atoms with Crippen LogP contribution in [-0.4, -0.2) is 18.5 Å². The Kier molecular flexibility index (Phi) is 7.81. The zero-order valence-electron chi connectivity index (χ0n) is 16.7. The molecule has 30 heavy (non-hydrogen) atoms. The lowest BCUT2D eigenvalue weighted by Gasteiger charge is -2.16. The molecule has 0 aliphatic heterocycles. The third-order valence-electron chi connectivity index (χ3n) is 4.34. The van der Waals surface area contributed by atoms with E-state index in [-0.39, 0.29) is 0 Å². The molecule has 0 saturated heterocycles. The second-order valence-electron chi connectivity index (χ2n) is 6.80. The minimum absolute atomic E-state index is 0.954. The molecule has 3 aromatic rings. The molecule has 160 valence electrons. The van der Waals surface area contributed by atoms with Crippen molar-refractivity contribution in [3.8, 4) is 0 Å². The van der Waals surface area contributed by atoms with E-state index in [1.807, 2.05) is 0 Å². The summed E-state index contributed by atoms with van der Waals surface area (Å²) >= 11 is 0. The van der Waals surface area contributed by atoms with Crippen LogP contribution in [0.1, 0.15) is 16.7 Å². The Bertz CT molecular complexity index is 1020. The molecule has 0 heterocycles. The SMILES string of the molecule is Cc1cc(C)c([PH+](c2ccccc2)c2ccccc2)c(C)c1.O=S(=O)(O)C(F)(F)F. The van der Waals surface area contributed by atoms with Crippen LogP contribution in [0, 0.1) is 20.8 Å². The van der Waals surface area contributed by atoms with Gasteiger partial charge in [0.2, 0.25) is 0 Å². The highest BCUT2D eigenvalue weighted by atomic mass is 32.2. The van der Waals surface area contributed by atoms with Crippen molar-refractivity contribution in [2.75, 3.05) is 0 Å². The van der Waals surface area contributed by atoms with Crippen LogP contribution >= 0.6 is 7.92 Å². The molecule has 3 rings (SSSR count). The van der Waals surface area contributed by atoms with Crippen molar-refractivity contribution in [3.05, 3.63) is 89.5 Å². The lowest BCUT2D eigenvalue weighted by atomic mass is 10.1. The van der Waals surface area contributed by atoms with Crippen molar-refractivity contribution in [3.63, 3.8) is 0 Å². The van der Waals surface area contributed by atoms with Gasteiger partial charge in [0, 0.05) is 0 Å². The largest absolute Gasteiger partial charge is 0.522 e. The van der Waals surface area contributed by atoms with Crippen LogP contribution in [0.4, 0.5) is 13.2 Å². The minimum atomic E-state index is -5.84. The van der Waals surface area contributed by atoms with Gasteiger partial charge in [-0.1, -0.05) is 54.1 Å². The average Bonchev–Trinajstić information content (AvgIpc) is 2.65. The highest BCUT2D eigenvalue weighted by molar-refractivity contribution is 7.86. The number of alkyl halides is 3. The molecular weight excluding hydrogens is 432 g/mol. The molecule has 0 aliphatic rings. The molecule has 1 N–H and O–H groups in total. The Morgan fingerprint density at radius 3 is 1.40 bits per heavy atom. The van der Waals surface area contributed by atoms with E-state index in [1.165, 1.54) is 32.6 Å². The van der Waals surface area contributed by atoms with E-state index < -0.39 is 23.5 Å². The van der Waals surface area contributed by atoms with Crippen LogP contribution in [-0.2, 0) is 10.1 Å². The fourth-order valence-electron chi connectivity index (χ4n) is 3.24. The Morgan fingerprint density at radius 1 is 0.767 bits per heavy atom. The van der Waals surface area contributed by atoms with Crippen molar-refractivity contribution in [2.24, 2.45) is 0 Å². The van der Waals surface area contributed by atoms with E-state index in [0.29, 0.717) is 0 Å². The fourth-order valence-corrected chi connectivity index (χ4v) is 6.13. The van der Waals surface area contributed by atoms with Crippen molar-refractivity contribution in [1.82, 2.24) is 0 Å². The van der Waals surface area contributed by atoms with Crippen LogP contribution in [0.2, 0.25) is 0 Å². The fraction of sp³-hybridized carbons (Fsp3) is 0.182. The number of benzene rings is 3. The normalized spacial score (nSPS) is 11.7. The Labute approximate surface area is 176 Å². The first-order chi connectivity index (χ1) is 13.9. The number of rotatable bonds is 3. The zero-order valence-corrected chi connectivity index (χ0v) is 18.6. The van der Waals surface area contributed by atoms with Crippen LogP contribution < -0.4 is 15.9 Å². The number of hydrogen-bond acceptors (Lipinski definition) is 2. The number of halogens is 3. The first-order valence-corrected chi connectivity index (χ1v) is 12.0. The third-order valence-corrected chi connectivity index (χ3v) is 8.04. The summed E-state index contributed by atoms with van der Waals surface area (Å²) in [6.45, 7) is 6.69. The van der Waals surface area contributed by atoms with Gasteiger partial charge in [0.05, 0.1) is 7.92 Å². The molecule has 0 bridgehead atoms. The van der Waals surface area contributed by atoms with Crippen molar-refractivity contribution < 1.29 is 26.1 Å². The summed E-state index contributed by atoms with van der Waals surface area (Å²) in [5.41, 5.74) is -1.35. The van der Waals surface area contributed by atoms with E-state index in [4.69, 9.17) is 13.0 Å². The van der Waals surface area contributed by atoms with Crippen molar-refractivity contribution in [1.29, 1.82) is 0 Å². The summed E-state index contributed by atoms with van der Waals surface area (Å²) < 4.78 is 57.5. The zero-order chi connectivity index (χ0) is 22.5. The first-order valence-electron chi connectivity index (χ1n) is 9.01. The molecule has 0 aliphatic carbocycles. The van der Waals surface area contributed by atoms with Gasteiger partial charge in [0.25, 0.3) is 0 Å². The Balaban J connectivity index is 0.000000343. The quantitative estimate of drug-likeness (QED) is 0.360. The van der Waals surface area contributed by atoms with E-state index >= 15 is 0 Å². The number of aryl methyl sites for hydroxylation is 3. The molecule has 0 amide bonds. The second kappa shape index (κ2) is 9.73. The monoisotopic (exact) mass is 455 g/mol. The maximum absolute atomic E-state index is 10.7. The highest BCUT2D eigenvalue weighted by Crippen LogP contribution is 2.35. The van der Waals surface area contributed by atoms with Crippen molar-refractivity contribution >= 4 is 34.0 Å². The molecular formula is C22H23F3O3PS+. The lowest BCUT2D eigenvalue weighted by molar-refractivity contribution is -0.0510. The van der Waals surface area contributed by atoms with Gasteiger partial charge in [-0.25, -0.2) is 0 Å². The number of hydrogen-bond donors (Lipinski definition) is 1. The molecule has 3 aromatic carbocycles. The van der Waals surface area contributed by atoms with Gasteiger partial charge in [-0.05, 0) is 56.2 Å². The maximum atomic E-state index is 10.7. The summed E-state index contributed by atoms with van der Waals surface area (Å²) in [6, 6.07) is 26.6. The summed E-state index contributed by atoms with van der Waals surface area (Å²) in [7, 11) is -6.79. The topological polar surface area (TPSA) is 54.4 Å². The van der Waals surface area contributed by atoms with E-state index in [9.17, 15) is 13.2 Å². The van der Waals surface area contributed by atoms with Gasteiger partial charge in [0.15, 0.2) is 0 Å². The predicted octanol–water partition coefficient (Wildman–Crippen LogP) is 4.50. The molecule has 8 heteroatoms. The van der Waals surface area contributed by atoms with Crippen LogP contribution in [0.3, 0.4) is 0 Å². The molecule has 0 unspecified atom stereocenters. The summed E-state index contributed by atoms with van der Waals surface area (Å²) in [5, 5.41) is 4.44. The van der Waals surface area contributed by atoms with Crippen LogP contribution in [0.25, 0.3) is 0 Å². The molecule has 0 spiro atoms. The predicted molar refractivity (Wildman–Crippen MR) is 118 cm³/mol. The average molecular weight is 455 g/mol. The smallest absolute Gasteiger partial charge is 0.279 e. The Morgan fingerprint density at radius 2 is 1.10 bits per heavy atom. The standard InChI is InChI=1S/C21H21P.CHF3O3S/c1-16-14-17(2)21(18(3)15-16)22(19-10-6-4-7-11-19)20-12-8-5-9-13-20;2-1(3,4)8(5,6)7/h4-15H,1-3H3;(H,5,6,7)/p+1. The molecule has 3 nitrogen and oxygen atoms in total. The molecule has 0 fully saturated rings. The van der Waals surface area contributed by atoms with Gasteiger partial charge in [-0.2, -0.15) is 21.6 Å². The highest BCUT2D eigenvalue weighted by Gasteiger charge is 2.44. The van der Waals surface area contributed by atoms with E-state index in [2.05, 4.69) is 93.6 Å². The third kappa shape index (κ3) is 6.14. The van der Waals surface area contributed by atoms with E-state index in [1.54, 1.807) is 0 Å². The van der Waals surface area contributed by atoms with Gasteiger partial charge < -0.3 is 0 Å². The molecule has 0 aromatic heterocycles. The summed E-state index contributed by atoms with van der Waals surface area (Å²) in [5.74, 6) is 0. The van der Waals surface area contributed by atoms with Gasteiger partial charge in [0.1, 0.15) is 15.9 Å². The molecule has 0 radical (unpaired) electrons. The Hall–Kier alpha value is -2.21.